The van der Waals surface area contributed by atoms with E-state index < -0.39 is 6.10 Å². The van der Waals surface area contributed by atoms with Crippen molar-refractivity contribution in [3.63, 3.8) is 0 Å². The van der Waals surface area contributed by atoms with Crippen LogP contribution in [-0.4, -0.2) is 48.3 Å². The molecule has 0 saturated carbocycles. The molecule has 0 spiro atoms. The maximum absolute atomic E-state index is 12.8. The van der Waals surface area contributed by atoms with E-state index in [0.717, 1.165) is 36.5 Å². The predicted molar refractivity (Wildman–Crippen MR) is 89.7 cm³/mol. The fraction of sp³-hybridized carbons (Fsp3) is 0.765. The molecule has 0 radical (unpaired) electrons. The molecule has 0 unspecified atom stereocenters. The van der Waals surface area contributed by atoms with Gasteiger partial charge < -0.3 is 14.4 Å². The molecule has 1 aromatic rings. The second kappa shape index (κ2) is 6.87. The highest BCUT2D eigenvalue weighted by molar-refractivity contribution is 7.09. The minimum absolute atomic E-state index is 0.0403. The van der Waals surface area contributed by atoms with Gasteiger partial charge in [-0.3, -0.25) is 4.79 Å². The number of carbonyl (C=O) groups excluding carboxylic acids is 1. The first-order valence-corrected chi connectivity index (χ1v) is 9.30. The van der Waals surface area contributed by atoms with E-state index in [1.807, 2.05) is 4.90 Å². The quantitative estimate of drug-likeness (QED) is 0.832. The minimum Gasteiger partial charge on any atom is -0.376 e. The van der Waals surface area contributed by atoms with Crippen LogP contribution in [0.15, 0.2) is 5.38 Å². The van der Waals surface area contributed by atoms with Crippen molar-refractivity contribution in [2.45, 2.75) is 57.6 Å². The topological polar surface area (TPSA) is 51.7 Å². The molecular formula is C17H26N2O3S. The predicted octanol–water partition coefficient (Wildman–Crippen LogP) is 2.91. The molecule has 0 bridgehead atoms. The molecule has 2 saturated heterocycles. The average Bonchev–Trinajstić information content (AvgIpc) is 3.05. The number of hydrogen-bond acceptors (Lipinski definition) is 5. The van der Waals surface area contributed by atoms with Crippen molar-refractivity contribution in [1.29, 1.82) is 0 Å². The maximum atomic E-state index is 12.8. The number of hydrogen-bond donors (Lipinski definition) is 0. The molecular weight excluding hydrogens is 312 g/mol. The first kappa shape index (κ1) is 16.9. The molecule has 1 amide bonds. The van der Waals surface area contributed by atoms with Crippen LogP contribution in [0, 0.1) is 0 Å². The lowest BCUT2D eigenvalue weighted by Gasteiger charge is -2.37. The van der Waals surface area contributed by atoms with Crippen molar-refractivity contribution in [3.8, 4) is 0 Å². The van der Waals surface area contributed by atoms with Gasteiger partial charge in [0.25, 0.3) is 5.91 Å². The van der Waals surface area contributed by atoms with Gasteiger partial charge in [-0.1, -0.05) is 20.8 Å². The van der Waals surface area contributed by atoms with Gasteiger partial charge in [-0.05, 0) is 19.3 Å². The summed E-state index contributed by atoms with van der Waals surface area (Å²) in [6, 6.07) is 0.0860. The highest BCUT2D eigenvalue weighted by atomic mass is 32.1. The van der Waals surface area contributed by atoms with E-state index in [-0.39, 0.29) is 17.4 Å². The summed E-state index contributed by atoms with van der Waals surface area (Å²) in [6.07, 6.45) is 2.72. The van der Waals surface area contributed by atoms with E-state index in [2.05, 4.69) is 26.2 Å². The van der Waals surface area contributed by atoms with Crippen molar-refractivity contribution in [1.82, 2.24) is 9.88 Å². The highest BCUT2D eigenvalue weighted by Crippen LogP contribution is 2.35. The van der Waals surface area contributed by atoms with Gasteiger partial charge in [0.05, 0.1) is 31.6 Å². The van der Waals surface area contributed by atoms with Crippen LogP contribution in [0.3, 0.4) is 0 Å². The third kappa shape index (κ3) is 3.75. The van der Waals surface area contributed by atoms with Crippen LogP contribution in [0.25, 0.3) is 0 Å². The first-order valence-electron chi connectivity index (χ1n) is 8.42. The number of aromatic nitrogens is 1. The van der Waals surface area contributed by atoms with Crippen LogP contribution in [0.5, 0.6) is 0 Å². The number of amides is 1. The van der Waals surface area contributed by atoms with Gasteiger partial charge in [-0.15, -0.1) is 11.3 Å². The van der Waals surface area contributed by atoms with Crippen molar-refractivity contribution in [3.05, 3.63) is 16.1 Å². The molecule has 0 aliphatic carbocycles. The summed E-state index contributed by atoms with van der Waals surface area (Å²) < 4.78 is 11.0. The summed E-state index contributed by atoms with van der Waals surface area (Å²) in [6.45, 7) is 8.74. The Morgan fingerprint density at radius 2 is 2.17 bits per heavy atom. The molecule has 3 rings (SSSR count). The Hall–Kier alpha value is -0.980. The number of likely N-dealkylation sites (tertiary alicyclic amines) is 1. The third-order valence-corrected chi connectivity index (χ3v) is 5.40. The molecule has 128 valence electrons. The lowest BCUT2D eigenvalue weighted by atomic mass is 9.93. The summed E-state index contributed by atoms with van der Waals surface area (Å²) in [4.78, 5) is 19.6. The number of piperidine rings is 1. The van der Waals surface area contributed by atoms with E-state index >= 15 is 0 Å². The molecule has 0 N–H and O–H groups in total. The van der Waals surface area contributed by atoms with Crippen LogP contribution < -0.4 is 0 Å². The van der Waals surface area contributed by atoms with Crippen molar-refractivity contribution < 1.29 is 14.3 Å². The van der Waals surface area contributed by atoms with E-state index in [1.54, 1.807) is 11.3 Å². The molecule has 2 fully saturated rings. The number of rotatable bonds is 2. The number of ether oxygens (including phenoxy) is 2. The molecule has 2 aliphatic heterocycles. The second-order valence-corrected chi connectivity index (χ2v) is 8.19. The molecule has 6 heteroatoms. The molecule has 23 heavy (non-hydrogen) atoms. The molecule has 2 atom stereocenters. The number of thiazole rings is 1. The molecule has 0 aromatic carbocycles. The summed E-state index contributed by atoms with van der Waals surface area (Å²) >= 11 is 1.67. The maximum Gasteiger partial charge on any atom is 0.254 e. The Labute approximate surface area is 142 Å². The normalized spacial score (nSPS) is 26.3. The zero-order chi connectivity index (χ0) is 16.4. The average molecular weight is 338 g/mol. The van der Waals surface area contributed by atoms with Crippen LogP contribution in [-0.2, 0) is 19.7 Å². The van der Waals surface area contributed by atoms with Crippen LogP contribution in [0.1, 0.15) is 56.8 Å². The first-order chi connectivity index (χ1) is 11.0. The van der Waals surface area contributed by atoms with Gasteiger partial charge in [0, 0.05) is 17.3 Å². The number of carbonyl (C=O) groups is 1. The summed E-state index contributed by atoms with van der Waals surface area (Å²) in [5.41, 5.74) is 1.14. The lowest BCUT2D eigenvalue weighted by molar-refractivity contribution is -0.161. The zero-order valence-electron chi connectivity index (χ0n) is 14.2. The van der Waals surface area contributed by atoms with Crippen molar-refractivity contribution in [2.24, 2.45) is 0 Å². The third-order valence-electron chi connectivity index (χ3n) is 4.45. The Bertz CT molecular complexity index is 546. The standard InChI is InChI=1S/C17H26N2O3S/c1-17(2,3)14-11-23-15(18-14)12-6-4-5-7-19(12)16(20)13-10-21-8-9-22-13/h11-13H,4-10H2,1-3H3/t12-,13+/m0/s1. The SMILES string of the molecule is CC(C)(C)c1csc([C@@H]2CCCCN2C(=O)[C@H]2COCCO2)n1. The fourth-order valence-electron chi connectivity index (χ4n) is 3.05. The fourth-order valence-corrected chi connectivity index (χ4v) is 4.24. The van der Waals surface area contributed by atoms with E-state index in [0.29, 0.717) is 19.8 Å². The van der Waals surface area contributed by atoms with E-state index in [1.165, 1.54) is 0 Å². The summed E-state index contributed by atoms with van der Waals surface area (Å²) in [5, 5.41) is 3.19. The van der Waals surface area contributed by atoms with Gasteiger partial charge in [0.1, 0.15) is 5.01 Å². The van der Waals surface area contributed by atoms with Crippen LogP contribution in [0.4, 0.5) is 0 Å². The van der Waals surface area contributed by atoms with Gasteiger partial charge >= 0.3 is 0 Å². The second-order valence-electron chi connectivity index (χ2n) is 7.30. The molecule has 2 aliphatic rings. The zero-order valence-corrected chi connectivity index (χ0v) is 15.0. The Morgan fingerprint density at radius 3 is 2.83 bits per heavy atom. The summed E-state index contributed by atoms with van der Waals surface area (Å²) in [7, 11) is 0. The Balaban J connectivity index is 1.78. The molecule has 1 aromatic heterocycles. The highest BCUT2D eigenvalue weighted by Gasteiger charge is 2.35. The van der Waals surface area contributed by atoms with Gasteiger partial charge in [-0.2, -0.15) is 0 Å². The van der Waals surface area contributed by atoms with Crippen LogP contribution in [0.2, 0.25) is 0 Å². The Kier molecular flexibility index (Phi) is 5.04. The molecule has 3 heterocycles. The largest absolute Gasteiger partial charge is 0.376 e. The lowest BCUT2D eigenvalue weighted by Crippen LogP contribution is -2.48. The van der Waals surface area contributed by atoms with Crippen molar-refractivity contribution in [2.75, 3.05) is 26.4 Å². The van der Waals surface area contributed by atoms with Gasteiger partial charge in [-0.25, -0.2) is 4.98 Å². The number of nitrogens with zero attached hydrogens (tertiary/aromatic N) is 2. The van der Waals surface area contributed by atoms with E-state index in [9.17, 15) is 4.79 Å². The van der Waals surface area contributed by atoms with Gasteiger partial charge in [0.2, 0.25) is 0 Å². The van der Waals surface area contributed by atoms with E-state index in [4.69, 9.17) is 14.5 Å². The Morgan fingerprint density at radius 1 is 1.35 bits per heavy atom. The minimum atomic E-state index is -0.452. The monoisotopic (exact) mass is 338 g/mol. The van der Waals surface area contributed by atoms with Crippen molar-refractivity contribution >= 4 is 17.2 Å². The smallest absolute Gasteiger partial charge is 0.254 e. The molecule has 5 nitrogen and oxygen atoms in total. The summed E-state index contributed by atoms with van der Waals surface area (Å²) in [5.74, 6) is 0.0573. The van der Waals surface area contributed by atoms with Gasteiger partial charge in [0.15, 0.2) is 6.10 Å². The van der Waals surface area contributed by atoms with Crippen LogP contribution >= 0.6 is 11.3 Å².